The molecular formula is C34H48N6O6S. The summed E-state index contributed by atoms with van der Waals surface area (Å²) in [5, 5.41) is 10.4. The molecule has 256 valence electrons. The smallest absolute Gasteiger partial charge is 0.243 e. The minimum absolute atomic E-state index is 0.0599. The lowest BCUT2D eigenvalue weighted by Gasteiger charge is -2.27. The number of rotatable bonds is 19. The molecule has 2 aromatic carbocycles. The Balaban J connectivity index is 2.29. The average Bonchev–Trinajstić information content (AvgIpc) is 3.02. The molecule has 0 spiro atoms. The Morgan fingerprint density at radius 2 is 1.11 bits per heavy atom. The lowest BCUT2D eigenvalue weighted by Crippen LogP contribution is -2.59. The summed E-state index contributed by atoms with van der Waals surface area (Å²) in [5.74, 6) is -3.00. The van der Waals surface area contributed by atoms with Crippen molar-refractivity contribution in [2.24, 2.45) is 23.3 Å². The fraction of sp³-hybridized carbons (Fsp3) is 0.471. The fourth-order valence-corrected chi connectivity index (χ4v) is 5.62. The van der Waals surface area contributed by atoms with Gasteiger partial charge < -0.3 is 32.7 Å². The van der Waals surface area contributed by atoms with Gasteiger partial charge in [0.15, 0.2) is 0 Å². The monoisotopic (exact) mass is 668 g/mol. The van der Waals surface area contributed by atoms with Gasteiger partial charge in [-0.1, -0.05) is 100 Å². The van der Waals surface area contributed by atoms with Crippen molar-refractivity contribution >= 4 is 46.4 Å². The number of benzene rings is 2. The van der Waals surface area contributed by atoms with E-state index in [0.717, 1.165) is 22.9 Å². The van der Waals surface area contributed by atoms with Crippen LogP contribution in [-0.4, -0.2) is 65.4 Å². The van der Waals surface area contributed by atoms with E-state index in [1.54, 1.807) is 0 Å². The van der Waals surface area contributed by atoms with Gasteiger partial charge in [-0.15, -0.1) is 0 Å². The van der Waals surface area contributed by atoms with Crippen molar-refractivity contribution in [1.82, 2.24) is 21.3 Å². The third kappa shape index (κ3) is 14.8. The molecule has 0 radical (unpaired) electrons. The highest BCUT2D eigenvalue weighted by Crippen LogP contribution is 2.19. The number of carbonyl (C=O) groups is 6. The Morgan fingerprint density at radius 1 is 0.638 bits per heavy atom. The number of amides is 5. The van der Waals surface area contributed by atoms with Gasteiger partial charge >= 0.3 is 0 Å². The van der Waals surface area contributed by atoms with Crippen molar-refractivity contribution in [2.75, 3.05) is 6.54 Å². The Bertz CT molecular complexity index is 1340. The van der Waals surface area contributed by atoms with Gasteiger partial charge in [0.25, 0.3) is 0 Å². The second-order valence-electron chi connectivity index (χ2n) is 12.2. The second-order valence-corrected chi connectivity index (χ2v) is 13.2. The standard InChI is InChI=1S/C34H48N6O6S/c1-21(2)15-25(38-33(45)27(18-29(36)41)37-30(42)19-35)31(43)39-26(17-23-11-7-5-8-12-23)32(44)40-28(16-22(3)4)34(46)47-20-24-13-9-6-10-14-24/h5-14,21-22,25-28H,15-20,35H2,1-4H3,(H2,36,41)(H,37,42)(H,38,45)(H,39,43)(H,40,44)/t25-,26-,27-,28-/m0/s1. The molecule has 0 aliphatic heterocycles. The van der Waals surface area contributed by atoms with E-state index >= 15 is 0 Å². The second kappa shape index (κ2) is 20.1. The molecule has 12 nitrogen and oxygen atoms in total. The Kier molecular flexibility index (Phi) is 16.7. The molecule has 0 aliphatic rings. The van der Waals surface area contributed by atoms with E-state index in [9.17, 15) is 28.8 Å². The molecule has 47 heavy (non-hydrogen) atoms. The first-order chi connectivity index (χ1) is 22.3. The van der Waals surface area contributed by atoms with E-state index in [1.165, 1.54) is 0 Å². The minimum Gasteiger partial charge on any atom is -0.370 e. The topological polar surface area (TPSA) is 203 Å². The van der Waals surface area contributed by atoms with E-state index in [2.05, 4.69) is 21.3 Å². The summed E-state index contributed by atoms with van der Waals surface area (Å²) in [6, 6.07) is 14.3. The summed E-state index contributed by atoms with van der Waals surface area (Å²) in [6.45, 7) is 7.20. The fourth-order valence-electron chi connectivity index (χ4n) is 4.76. The zero-order valence-corrected chi connectivity index (χ0v) is 28.3. The van der Waals surface area contributed by atoms with E-state index in [4.69, 9.17) is 11.5 Å². The molecular weight excluding hydrogens is 620 g/mol. The lowest BCUT2D eigenvalue weighted by molar-refractivity contribution is -0.135. The summed E-state index contributed by atoms with van der Waals surface area (Å²) in [4.78, 5) is 77.5. The zero-order valence-electron chi connectivity index (χ0n) is 27.5. The van der Waals surface area contributed by atoms with Gasteiger partial charge in [0.2, 0.25) is 34.7 Å². The van der Waals surface area contributed by atoms with E-state index in [-0.39, 0.29) is 29.8 Å². The van der Waals surface area contributed by atoms with E-state index in [1.807, 2.05) is 88.4 Å². The maximum absolute atomic E-state index is 13.8. The van der Waals surface area contributed by atoms with Crippen molar-refractivity contribution in [3.05, 3.63) is 71.8 Å². The molecule has 13 heteroatoms. The van der Waals surface area contributed by atoms with Crippen LogP contribution in [0.5, 0.6) is 0 Å². The number of hydrogen-bond donors (Lipinski definition) is 6. The van der Waals surface area contributed by atoms with Gasteiger partial charge in [-0.05, 0) is 35.8 Å². The molecule has 0 saturated carbocycles. The number of thioether (sulfide) groups is 1. The first kappa shape index (κ1) is 39.0. The van der Waals surface area contributed by atoms with Gasteiger partial charge in [-0.2, -0.15) is 0 Å². The molecule has 2 aromatic rings. The number of nitrogens with two attached hydrogens (primary N) is 2. The normalized spacial score (nSPS) is 13.6. The predicted octanol–water partition coefficient (Wildman–Crippen LogP) is 1.55. The Hall–Kier alpha value is -4.23. The van der Waals surface area contributed by atoms with Crippen LogP contribution in [0.4, 0.5) is 0 Å². The molecule has 0 unspecified atom stereocenters. The first-order valence-corrected chi connectivity index (χ1v) is 16.7. The van der Waals surface area contributed by atoms with E-state index in [0.29, 0.717) is 12.2 Å². The zero-order chi connectivity index (χ0) is 34.9. The van der Waals surface area contributed by atoms with Crippen LogP contribution in [0.25, 0.3) is 0 Å². The number of carbonyl (C=O) groups excluding carboxylic acids is 6. The molecule has 4 atom stereocenters. The van der Waals surface area contributed by atoms with Crippen LogP contribution in [0.1, 0.15) is 58.1 Å². The van der Waals surface area contributed by atoms with Gasteiger partial charge in [0.1, 0.15) is 18.1 Å². The summed E-state index contributed by atoms with van der Waals surface area (Å²) in [6.07, 6.45) is 0.216. The summed E-state index contributed by atoms with van der Waals surface area (Å²) < 4.78 is 0. The molecule has 2 rings (SSSR count). The average molecular weight is 669 g/mol. The van der Waals surface area contributed by atoms with Crippen LogP contribution in [0, 0.1) is 11.8 Å². The molecule has 0 fully saturated rings. The Morgan fingerprint density at radius 3 is 1.64 bits per heavy atom. The van der Waals surface area contributed by atoms with Crippen molar-refractivity contribution < 1.29 is 28.8 Å². The quantitative estimate of drug-likeness (QED) is 0.129. The summed E-state index contributed by atoms with van der Waals surface area (Å²) in [5.41, 5.74) is 12.4. The molecule has 0 aliphatic carbocycles. The highest BCUT2D eigenvalue weighted by molar-refractivity contribution is 8.13. The van der Waals surface area contributed by atoms with Crippen molar-refractivity contribution in [2.45, 2.75) is 83.3 Å². The van der Waals surface area contributed by atoms with Crippen molar-refractivity contribution in [1.29, 1.82) is 0 Å². The van der Waals surface area contributed by atoms with Gasteiger partial charge in [-0.25, -0.2) is 0 Å². The van der Waals surface area contributed by atoms with Crippen molar-refractivity contribution in [3.63, 3.8) is 0 Å². The van der Waals surface area contributed by atoms with Gasteiger partial charge in [-0.3, -0.25) is 28.8 Å². The van der Waals surface area contributed by atoms with Crippen LogP contribution in [-0.2, 0) is 40.9 Å². The third-order valence-corrected chi connectivity index (χ3v) is 8.08. The lowest BCUT2D eigenvalue weighted by atomic mass is 9.99. The largest absolute Gasteiger partial charge is 0.370 e. The minimum atomic E-state index is -1.34. The van der Waals surface area contributed by atoms with Crippen LogP contribution in [0.15, 0.2) is 60.7 Å². The Labute approximate surface area is 280 Å². The molecule has 0 heterocycles. The van der Waals surface area contributed by atoms with Gasteiger partial charge in [0.05, 0.1) is 19.0 Å². The molecule has 8 N–H and O–H groups in total. The summed E-state index contributed by atoms with van der Waals surface area (Å²) in [7, 11) is 0. The van der Waals surface area contributed by atoms with Crippen molar-refractivity contribution in [3.8, 4) is 0 Å². The summed E-state index contributed by atoms with van der Waals surface area (Å²) >= 11 is 1.12. The molecule has 0 bridgehead atoms. The van der Waals surface area contributed by atoms with Crippen LogP contribution in [0.3, 0.4) is 0 Å². The predicted molar refractivity (Wildman–Crippen MR) is 182 cm³/mol. The van der Waals surface area contributed by atoms with Gasteiger partial charge in [0, 0.05) is 12.2 Å². The van der Waals surface area contributed by atoms with Crippen LogP contribution < -0.4 is 32.7 Å². The van der Waals surface area contributed by atoms with Crippen LogP contribution >= 0.6 is 11.8 Å². The molecule has 5 amide bonds. The van der Waals surface area contributed by atoms with E-state index < -0.39 is 66.7 Å². The number of hydrogen-bond acceptors (Lipinski definition) is 8. The first-order valence-electron chi connectivity index (χ1n) is 15.7. The maximum Gasteiger partial charge on any atom is 0.243 e. The maximum atomic E-state index is 13.8. The third-order valence-electron chi connectivity index (χ3n) is 7.03. The van der Waals surface area contributed by atoms with Crippen LogP contribution in [0.2, 0.25) is 0 Å². The SMILES string of the molecule is CC(C)C[C@H](NC(=O)[C@H](CC(N)=O)NC(=O)CN)C(=O)N[C@@H](Cc1ccccc1)C(=O)N[C@@H](CC(C)C)C(=O)SCc1ccccc1. The molecule has 0 aromatic heterocycles. The number of nitrogens with one attached hydrogen (secondary N) is 4. The number of primary amides is 1. The molecule has 0 saturated heterocycles. The highest BCUT2D eigenvalue weighted by atomic mass is 32.2. The highest BCUT2D eigenvalue weighted by Gasteiger charge is 2.32.